The van der Waals surface area contributed by atoms with Crippen LogP contribution in [0, 0.1) is 6.92 Å². The first kappa shape index (κ1) is 14.7. The first-order chi connectivity index (χ1) is 9.56. The van der Waals surface area contributed by atoms with Crippen LogP contribution in [-0.4, -0.2) is 11.2 Å². The van der Waals surface area contributed by atoms with Gasteiger partial charge in [0.1, 0.15) is 0 Å². The molecule has 1 amide bonds. The summed E-state index contributed by atoms with van der Waals surface area (Å²) in [4.78, 5) is 13.4. The molecule has 0 spiro atoms. The number of aryl methyl sites for hydroxylation is 1. The van der Waals surface area contributed by atoms with Gasteiger partial charge in [-0.05, 0) is 36.8 Å². The van der Waals surface area contributed by atoms with E-state index in [2.05, 4.69) is 19.2 Å². The van der Waals surface area contributed by atoms with Crippen LogP contribution in [0.5, 0.6) is 0 Å². The molecular formula is C17H19NOS. The first-order valence-corrected chi connectivity index (χ1v) is 7.58. The predicted molar refractivity (Wildman–Crippen MR) is 86.6 cm³/mol. The lowest BCUT2D eigenvalue weighted by Crippen LogP contribution is -2.13. The van der Waals surface area contributed by atoms with Gasteiger partial charge in [0, 0.05) is 15.8 Å². The van der Waals surface area contributed by atoms with Crippen LogP contribution in [-0.2, 0) is 0 Å². The molecule has 0 aromatic heterocycles. The number of nitrogens with one attached hydrogen (secondary N) is 1. The molecule has 0 unspecified atom stereocenters. The monoisotopic (exact) mass is 285 g/mol. The number of benzene rings is 2. The summed E-state index contributed by atoms with van der Waals surface area (Å²) in [7, 11) is 0. The van der Waals surface area contributed by atoms with Gasteiger partial charge < -0.3 is 5.32 Å². The molecule has 2 aromatic carbocycles. The Kier molecular flexibility index (Phi) is 4.85. The summed E-state index contributed by atoms with van der Waals surface area (Å²) in [5.41, 5.74) is 2.69. The average molecular weight is 285 g/mol. The molecule has 0 fully saturated rings. The van der Waals surface area contributed by atoms with Crippen LogP contribution in [0.2, 0.25) is 0 Å². The summed E-state index contributed by atoms with van der Waals surface area (Å²) in [6.07, 6.45) is 0. The zero-order valence-corrected chi connectivity index (χ0v) is 12.8. The molecule has 0 bridgehead atoms. The minimum Gasteiger partial charge on any atom is -0.322 e. The van der Waals surface area contributed by atoms with Gasteiger partial charge in [0.2, 0.25) is 0 Å². The van der Waals surface area contributed by atoms with Crippen LogP contribution in [0.1, 0.15) is 29.8 Å². The number of carbonyl (C=O) groups excluding carboxylic acids is 1. The van der Waals surface area contributed by atoms with Crippen molar-refractivity contribution in [1.29, 1.82) is 0 Å². The second-order valence-electron chi connectivity index (χ2n) is 4.99. The minimum absolute atomic E-state index is 0.0562. The fourth-order valence-electron chi connectivity index (χ4n) is 1.93. The maximum Gasteiger partial charge on any atom is 0.256 e. The highest BCUT2D eigenvalue weighted by Crippen LogP contribution is 2.27. The molecule has 104 valence electrons. The van der Waals surface area contributed by atoms with E-state index in [1.54, 1.807) is 11.8 Å². The van der Waals surface area contributed by atoms with Gasteiger partial charge in [-0.3, -0.25) is 4.79 Å². The van der Waals surface area contributed by atoms with Gasteiger partial charge in [0.05, 0.1) is 5.56 Å². The molecular weight excluding hydrogens is 266 g/mol. The minimum atomic E-state index is -0.0562. The predicted octanol–water partition coefficient (Wildman–Crippen LogP) is 4.75. The van der Waals surface area contributed by atoms with Crippen molar-refractivity contribution in [2.75, 3.05) is 5.32 Å². The number of hydrogen-bond donors (Lipinski definition) is 1. The van der Waals surface area contributed by atoms with Crippen molar-refractivity contribution in [1.82, 2.24) is 0 Å². The lowest BCUT2D eigenvalue weighted by atomic mass is 10.2. The third-order valence-corrected chi connectivity index (χ3v) is 3.85. The summed E-state index contributed by atoms with van der Waals surface area (Å²) >= 11 is 1.71. The van der Waals surface area contributed by atoms with Crippen LogP contribution in [0.3, 0.4) is 0 Å². The van der Waals surface area contributed by atoms with Crippen molar-refractivity contribution in [3.8, 4) is 0 Å². The van der Waals surface area contributed by atoms with E-state index in [-0.39, 0.29) is 5.91 Å². The standard InChI is InChI=1S/C17H19NOS/c1-12(2)20-16-10-5-4-9-15(16)17(19)18-14-8-6-7-13(3)11-14/h4-12H,1-3H3,(H,18,19). The van der Waals surface area contributed by atoms with Crippen molar-refractivity contribution >= 4 is 23.4 Å². The highest BCUT2D eigenvalue weighted by atomic mass is 32.2. The molecule has 1 N–H and O–H groups in total. The van der Waals surface area contributed by atoms with Gasteiger partial charge in [-0.25, -0.2) is 0 Å². The van der Waals surface area contributed by atoms with E-state index >= 15 is 0 Å². The molecule has 0 heterocycles. The molecule has 2 rings (SSSR count). The largest absolute Gasteiger partial charge is 0.322 e. The van der Waals surface area contributed by atoms with E-state index in [1.807, 2.05) is 55.5 Å². The van der Waals surface area contributed by atoms with Gasteiger partial charge in [-0.2, -0.15) is 0 Å². The number of anilines is 1. The average Bonchev–Trinajstić information content (AvgIpc) is 2.38. The summed E-state index contributed by atoms with van der Waals surface area (Å²) in [6, 6.07) is 15.6. The smallest absolute Gasteiger partial charge is 0.256 e. The van der Waals surface area contributed by atoms with Crippen molar-refractivity contribution in [2.24, 2.45) is 0 Å². The van der Waals surface area contributed by atoms with E-state index in [4.69, 9.17) is 0 Å². The van der Waals surface area contributed by atoms with Crippen LogP contribution in [0.25, 0.3) is 0 Å². The molecule has 0 atom stereocenters. The summed E-state index contributed by atoms with van der Waals surface area (Å²) in [6.45, 7) is 6.26. The highest BCUT2D eigenvalue weighted by molar-refractivity contribution is 8.00. The van der Waals surface area contributed by atoms with Crippen LogP contribution >= 0.6 is 11.8 Å². The van der Waals surface area contributed by atoms with Gasteiger partial charge in [-0.1, -0.05) is 38.1 Å². The van der Waals surface area contributed by atoms with Crippen LogP contribution in [0.15, 0.2) is 53.4 Å². The highest BCUT2D eigenvalue weighted by Gasteiger charge is 2.12. The van der Waals surface area contributed by atoms with Gasteiger partial charge in [-0.15, -0.1) is 11.8 Å². The molecule has 0 saturated heterocycles. The second kappa shape index (κ2) is 6.62. The first-order valence-electron chi connectivity index (χ1n) is 6.70. The van der Waals surface area contributed by atoms with Crippen molar-refractivity contribution in [2.45, 2.75) is 30.9 Å². The summed E-state index contributed by atoms with van der Waals surface area (Å²) < 4.78 is 0. The summed E-state index contributed by atoms with van der Waals surface area (Å²) in [5, 5.41) is 3.41. The lowest BCUT2D eigenvalue weighted by Gasteiger charge is -2.11. The third kappa shape index (κ3) is 3.87. The number of carbonyl (C=O) groups is 1. The SMILES string of the molecule is Cc1cccc(NC(=O)c2ccccc2SC(C)C)c1. The molecule has 0 aliphatic carbocycles. The molecule has 0 aliphatic heterocycles. The number of hydrogen-bond acceptors (Lipinski definition) is 2. The Labute approximate surface area is 124 Å². The zero-order chi connectivity index (χ0) is 14.5. The summed E-state index contributed by atoms with van der Waals surface area (Å²) in [5.74, 6) is -0.0562. The van der Waals surface area contributed by atoms with Crippen molar-refractivity contribution < 1.29 is 4.79 Å². The molecule has 2 nitrogen and oxygen atoms in total. The van der Waals surface area contributed by atoms with E-state index in [9.17, 15) is 4.79 Å². The Hall–Kier alpha value is -1.74. The van der Waals surface area contributed by atoms with E-state index in [1.165, 1.54) is 0 Å². The Morgan fingerprint density at radius 3 is 2.55 bits per heavy atom. The molecule has 20 heavy (non-hydrogen) atoms. The molecule has 0 aliphatic rings. The zero-order valence-electron chi connectivity index (χ0n) is 12.0. The molecule has 2 aromatic rings. The maximum absolute atomic E-state index is 12.4. The number of amides is 1. The Morgan fingerprint density at radius 2 is 1.85 bits per heavy atom. The fraction of sp³-hybridized carbons (Fsp3) is 0.235. The fourth-order valence-corrected chi connectivity index (χ4v) is 2.88. The second-order valence-corrected chi connectivity index (χ2v) is 6.60. The maximum atomic E-state index is 12.4. The Bertz CT molecular complexity index is 607. The Balaban J connectivity index is 2.21. The molecule has 0 radical (unpaired) electrons. The van der Waals surface area contributed by atoms with Crippen LogP contribution in [0.4, 0.5) is 5.69 Å². The van der Waals surface area contributed by atoms with Gasteiger partial charge in [0.25, 0.3) is 5.91 Å². The molecule has 3 heteroatoms. The third-order valence-electron chi connectivity index (χ3n) is 2.77. The van der Waals surface area contributed by atoms with Gasteiger partial charge >= 0.3 is 0 Å². The lowest BCUT2D eigenvalue weighted by molar-refractivity contribution is 0.102. The van der Waals surface area contributed by atoms with Crippen molar-refractivity contribution in [3.63, 3.8) is 0 Å². The Morgan fingerprint density at radius 1 is 1.10 bits per heavy atom. The van der Waals surface area contributed by atoms with Crippen LogP contribution < -0.4 is 5.32 Å². The number of thioether (sulfide) groups is 1. The topological polar surface area (TPSA) is 29.1 Å². The van der Waals surface area contributed by atoms with Gasteiger partial charge in [0.15, 0.2) is 0 Å². The number of rotatable bonds is 4. The van der Waals surface area contributed by atoms with Crippen molar-refractivity contribution in [3.05, 3.63) is 59.7 Å². The van der Waals surface area contributed by atoms with E-state index in [0.29, 0.717) is 5.25 Å². The van der Waals surface area contributed by atoms with E-state index in [0.717, 1.165) is 21.7 Å². The normalized spacial score (nSPS) is 10.6. The quantitative estimate of drug-likeness (QED) is 0.821. The molecule has 0 saturated carbocycles. The van der Waals surface area contributed by atoms with E-state index < -0.39 is 0 Å².